The van der Waals surface area contributed by atoms with Crippen LogP contribution in [-0.2, 0) is 16.1 Å². The number of nitrogens with zero attached hydrogens (tertiary/aromatic N) is 1. The fourth-order valence-corrected chi connectivity index (χ4v) is 3.93. The van der Waals surface area contributed by atoms with Crippen molar-refractivity contribution in [2.45, 2.75) is 52.5 Å². The molecular formula is C21H28N2O2. The van der Waals surface area contributed by atoms with Gasteiger partial charge in [0.1, 0.15) is 0 Å². The Bertz CT molecular complexity index is 666. The van der Waals surface area contributed by atoms with Crippen molar-refractivity contribution in [3.05, 3.63) is 47.7 Å². The number of amides is 2. The summed E-state index contributed by atoms with van der Waals surface area (Å²) in [5.74, 6) is 0.643. The molecular weight excluding hydrogens is 312 g/mol. The van der Waals surface area contributed by atoms with E-state index in [-0.39, 0.29) is 11.8 Å². The molecule has 1 N–H and O–H groups in total. The number of fused-ring (bicyclic) bond motifs is 1. The Hall–Kier alpha value is -2.10. The summed E-state index contributed by atoms with van der Waals surface area (Å²) >= 11 is 0. The Morgan fingerprint density at radius 1 is 1.24 bits per heavy atom. The van der Waals surface area contributed by atoms with Gasteiger partial charge in [0.2, 0.25) is 11.8 Å². The molecule has 1 aromatic carbocycles. The summed E-state index contributed by atoms with van der Waals surface area (Å²) in [6, 6.07) is 10.0. The van der Waals surface area contributed by atoms with Gasteiger partial charge < -0.3 is 10.2 Å². The zero-order valence-corrected chi connectivity index (χ0v) is 15.3. The average molecular weight is 340 g/mol. The molecule has 1 aliphatic carbocycles. The maximum Gasteiger partial charge on any atom is 0.232 e. The predicted molar refractivity (Wildman–Crippen MR) is 98.4 cm³/mol. The molecule has 0 saturated carbocycles. The molecule has 134 valence electrons. The van der Waals surface area contributed by atoms with Crippen LogP contribution in [0.25, 0.3) is 0 Å². The number of hydrogen-bond donors (Lipinski definition) is 1. The van der Waals surface area contributed by atoms with Crippen LogP contribution < -0.4 is 5.32 Å². The maximum atomic E-state index is 13.1. The fraction of sp³-hybridized carbons (Fsp3) is 0.524. The molecule has 0 bridgehead atoms. The van der Waals surface area contributed by atoms with Gasteiger partial charge in [-0.3, -0.25) is 9.59 Å². The second-order valence-electron chi connectivity index (χ2n) is 7.63. The number of rotatable bonds is 5. The molecule has 2 amide bonds. The van der Waals surface area contributed by atoms with Gasteiger partial charge in [-0.1, -0.05) is 50.3 Å². The number of likely N-dealkylation sites (tertiary alicyclic amines) is 1. The summed E-state index contributed by atoms with van der Waals surface area (Å²) in [6.45, 7) is 5.43. The van der Waals surface area contributed by atoms with Crippen molar-refractivity contribution in [1.29, 1.82) is 0 Å². The first-order valence-corrected chi connectivity index (χ1v) is 9.36. The molecule has 3 rings (SSSR count). The molecule has 4 nitrogen and oxygen atoms in total. The van der Waals surface area contributed by atoms with E-state index in [0.717, 1.165) is 30.5 Å². The highest BCUT2D eigenvalue weighted by molar-refractivity contribution is 5.91. The second kappa shape index (κ2) is 7.42. The Morgan fingerprint density at radius 2 is 2.00 bits per heavy atom. The van der Waals surface area contributed by atoms with E-state index < -0.39 is 5.41 Å². The third kappa shape index (κ3) is 3.63. The lowest BCUT2D eigenvalue weighted by Gasteiger charge is -2.46. The smallest absolute Gasteiger partial charge is 0.232 e. The molecule has 25 heavy (non-hydrogen) atoms. The van der Waals surface area contributed by atoms with Crippen LogP contribution >= 0.6 is 0 Å². The van der Waals surface area contributed by atoms with E-state index in [9.17, 15) is 9.59 Å². The minimum Gasteiger partial charge on any atom is -0.355 e. The van der Waals surface area contributed by atoms with Gasteiger partial charge in [-0.15, -0.1) is 0 Å². The van der Waals surface area contributed by atoms with Crippen LogP contribution in [-0.4, -0.2) is 23.3 Å². The number of hydrogen-bond acceptors (Lipinski definition) is 2. The monoisotopic (exact) mass is 340 g/mol. The highest BCUT2D eigenvalue weighted by Crippen LogP contribution is 2.47. The molecule has 0 radical (unpaired) electrons. The van der Waals surface area contributed by atoms with E-state index in [0.29, 0.717) is 31.8 Å². The standard InChI is InChI=1S/C21H28N2O2/c1-16(2)14-22-20(25)21-12-7-6-10-18(21)23(19(24)11-13-21)15-17-8-4-3-5-9-17/h3-5,8-10,16H,6-7,11-15H2,1-2H3,(H,22,25). The zero-order valence-electron chi connectivity index (χ0n) is 15.3. The SMILES string of the molecule is CC(C)CNC(=O)C12CCCC=C1N(Cc1ccccc1)C(=O)CC2. The van der Waals surface area contributed by atoms with Gasteiger partial charge in [0.25, 0.3) is 0 Å². The maximum absolute atomic E-state index is 13.1. The normalized spacial score (nSPS) is 23.2. The van der Waals surface area contributed by atoms with E-state index in [2.05, 4.69) is 25.2 Å². The summed E-state index contributed by atoms with van der Waals surface area (Å²) in [4.78, 5) is 27.6. The molecule has 1 unspecified atom stereocenters. The van der Waals surface area contributed by atoms with Crippen LogP contribution in [0.4, 0.5) is 0 Å². The van der Waals surface area contributed by atoms with Crippen LogP contribution in [0.5, 0.6) is 0 Å². The lowest BCUT2D eigenvalue weighted by Crippen LogP contribution is -2.53. The number of carbonyl (C=O) groups is 2. The van der Waals surface area contributed by atoms with Crippen molar-refractivity contribution < 1.29 is 9.59 Å². The Labute approximate surface area is 150 Å². The van der Waals surface area contributed by atoms with Gasteiger partial charge in [0.05, 0.1) is 12.0 Å². The number of carbonyl (C=O) groups excluding carboxylic acids is 2. The molecule has 1 aromatic rings. The van der Waals surface area contributed by atoms with Crippen LogP contribution in [0.3, 0.4) is 0 Å². The first-order valence-electron chi connectivity index (χ1n) is 9.36. The van der Waals surface area contributed by atoms with Crippen molar-refractivity contribution in [3.8, 4) is 0 Å². The molecule has 0 spiro atoms. The molecule has 0 aromatic heterocycles. The van der Waals surface area contributed by atoms with E-state index >= 15 is 0 Å². The first-order chi connectivity index (χ1) is 12.0. The summed E-state index contributed by atoms with van der Waals surface area (Å²) in [6.07, 6.45) is 5.98. The molecule has 1 saturated heterocycles. The third-order valence-corrected chi connectivity index (χ3v) is 5.28. The lowest BCUT2D eigenvalue weighted by molar-refractivity contribution is -0.141. The minimum absolute atomic E-state index is 0.0951. The molecule has 1 heterocycles. The molecule has 2 aliphatic rings. The lowest BCUT2D eigenvalue weighted by atomic mass is 9.69. The number of allylic oxidation sites excluding steroid dienone is 1. The van der Waals surface area contributed by atoms with Gasteiger partial charge in [-0.05, 0) is 37.2 Å². The number of nitrogens with one attached hydrogen (secondary N) is 1. The summed E-state index contributed by atoms with van der Waals surface area (Å²) < 4.78 is 0. The Morgan fingerprint density at radius 3 is 2.72 bits per heavy atom. The average Bonchev–Trinajstić information content (AvgIpc) is 2.63. The predicted octanol–water partition coefficient (Wildman–Crippen LogP) is 3.64. The van der Waals surface area contributed by atoms with Crippen molar-refractivity contribution in [1.82, 2.24) is 10.2 Å². The molecule has 1 aliphatic heterocycles. The third-order valence-electron chi connectivity index (χ3n) is 5.28. The van der Waals surface area contributed by atoms with Crippen LogP contribution in [0.1, 0.15) is 51.5 Å². The van der Waals surface area contributed by atoms with Crippen molar-refractivity contribution in [3.63, 3.8) is 0 Å². The topological polar surface area (TPSA) is 49.4 Å². The van der Waals surface area contributed by atoms with Gasteiger partial charge in [0.15, 0.2) is 0 Å². The summed E-state index contributed by atoms with van der Waals surface area (Å²) in [5.41, 5.74) is 1.50. The first kappa shape index (κ1) is 17.7. The quantitative estimate of drug-likeness (QED) is 0.890. The van der Waals surface area contributed by atoms with Gasteiger partial charge in [-0.25, -0.2) is 0 Å². The second-order valence-corrected chi connectivity index (χ2v) is 7.63. The highest BCUT2D eigenvalue weighted by atomic mass is 16.2. The fourth-order valence-electron chi connectivity index (χ4n) is 3.93. The van der Waals surface area contributed by atoms with Crippen molar-refractivity contribution in [2.24, 2.45) is 11.3 Å². The molecule has 1 atom stereocenters. The van der Waals surface area contributed by atoms with Crippen LogP contribution in [0, 0.1) is 11.3 Å². The van der Waals surface area contributed by atoms with Crippen molar-refractivity contribution in [2.75, 3.05) is 6.54 Å². The van der Waals surface area contributed by atoms with E-state index in [1.165, 1.54) is 0 Å². The van der Waals surface area contributed by atoms with Crippen LogP contribution in [0.2, 0.25) is 0 Å². The molecule has 4 heteroatoms. The molecule has 1 fully saturated rings. The van der Waals surface area contributed by atoms with Gasteiger partial charge in [-0.2, -0.15) is 0 Å². The van der Waals surface area contributed by atoms with E-state index in [1.54, 1.807) is 0 Å². The Balaban J connectivity index is 1.88. The van der Waals surface area contributed by atoms with Crippen molar-refractivity contribution >= 4 is 11.8 Å². The van der Waals surface area contributed by atoms with Crippen LogP contribution in [0.15, 0.2) is 42.1 Å². The number of benzene rings is 1. The summed E-state index contributed by atoms with van der Waals surface area (Å²) in [7, 11) is 0. The minimum atomic E-state index is -0.532. The van der Waals surface area contributed by atoms with E-state index in [1.807, 2.05) is 35.2 Å². The highest BCUT2D eigenvalue weighted by Gasteiger charge is 2.49. The Kier molecular flexibility index (Phi) is 5.26. The largest absolute Gasteiger partial charge is 0.355 e. The van der Waals surface area contributed by atoms with E-state index in [4.69, 9.17) is 0 Å². The number of piperidine rings is 1. The summed E-state index contributed by atoms with van der Waals surface area (Å²) in [5, 5.41) is 3.12. The van der Waals surface area contributed by atoms with Gasteiger partial charge in [0, 0.05) is 18.7 Å². The van der Waals surface area contributed by atoms with Gasteiger partial charge >= 0.3 is 0 Å². The zero-order chi connectivity index (χ0) is 17.9.